The summed E-state index contributed by atoms with van der Waals surface area (Å²) < 4.78 is 24.1. The molecule has 0 N–H and O–H groups in total. The number of amides is 2. The van der Waals surface area contributed by atoms with Crippen molar-refractivity contribution in [3.8, 4) is 22.4 Å². The molecular formula is C57H71FN12O3. The largest absolute Gasteiger partial charge is 0.373 e. The second kappa shape index (κ2) is 19.3. The summed E-state index contributed by atoms with van der Waals surface area (Å²) in [4.78, 5) is 48.7. The van der Waals surface area contributed by atoms with Crippen molar-refractivity contribution in [1.29, 1.82) is 0 Å². The second-order valence-electron chi connectivity index (χ2n) is 22.1. The summed E-state index contributed by atoms with van der Waals surface area (Å²) >= 11 is 0. The second-order valence-corrected chi connectivity index (χ2v) is 22.1. The van der Waals surface area contributed by atoms with Crippen LogP contribution in [-0.2, 0) is 19.9 Å². The van der Waals surface area contributed by atoms with E-state index in [0.29, 0.717) is 57.8 Å². The molecule has 16 heteroatoms. The Morgan fingerprint density at radius 1 is 0.644 bits per heavy atom. The number of carbonyl (C=O) groups is 2. The molecule has 15 nitrogen and oxygen atoms in total. The summed E-state index contributed by atoms with van der Waals surface area (Å²) in [5.74, 6) is -0.408. The predicted molar refractivity (Wildman–Crippen MR) is 284 cm³/mol. The van der Waals surface area contributed by atoms with Gasteiger partial charge in [-0.05, 0) is 101 Å². The van der Waals surface area contributed by atoms with Crippen LogP contribution >= 0.6 is 0 Å². The highest BCUT2D eigenvalue weighted by Crippen LogP contribution is 2.53. The molecule has 0 bridgehead atoms. The molecule has 12 rings (SSSR count). The maximum atomic E-state index is 14.6. The predicted octanol–water partition coefficient (Wildman–Crippen LogP) is 7.05. The molecule has 384 valence electrons. The Balaban J connectivity index is 0.750. The number of aromatic nitrogens is 5. The van der Waals surface area contributed by atoms with Gasteiger partial charge < -0.3 is 34.1 Å². The Bertz CT molecular complexity index is 2960. The highest BCUT2D eigenvalue weighted by molar-refractivity contribution is 5.88. The van der Waals surface area contributed by atoms with Crippen LogP contribution in [0.15, 0.2) is 85.5 Å². The molecule has 6 fully saturated rings. The molecule has 2 saturated carbocycles. The molecule has 0 radical (unpaired) electrons. The third-order valence-electron chi connectivity index (χ3n) is 17.4. The van der Waals surface area contributed by atoms with E-state index in [1.54, 1.807) is 0 Å². The molecule has 2 aliphatic carbocycles. The summed E-state index contributed by atoms with van der Waals surface area (Å²) in [5, 5.41) is 9.69. The number of anilines is 3. The number of benzene rings is 1. The van der Waals surface area contributed by atoms with Gasteiger partial charge in [-0.25, -0.2) is 13.4 Å². The van der Waals surface area contributed by atoms with Gasteiger partial charge in [-0.1, -0.05) is 18.2 Å². The number of piperidine rings is 1. The molecule has 6 aromatic rings. The van der Waals surface area contributed by atoms with Gasteiger partial charge in [-0.2, -0.15) is 10.2 Å². The number of ether oxygens (including phenoxy) is 1. The van der Waals surface area contributed by atoms with Gasteiger partial charge in [0.25, 0.3) is 0 Å². The first-order valence-corrected chi connectivity index (χ1v) is 27.0. The molecule has 4 aliphatic heterocycles. The van der Waals surface area contributed by atoms with Crippen molar-refractivity contribution in [2.75, 3.05) is 113 Å². The summed E-state index contributed by atoms with van der Waals surface area (Å²) in [6.07, 6.45) is 9.81. The molecule has 9 heterocycles. The summed E-state index contributed by atoms with van der Waals surface area (Å²) in [5.41, 5.74) is 11.4. The number of pyridine rings is 1. The fourth-order valence-corrected chi connectivity index (χ4v) is 12.5. The van der Waals surface area contributed by atoms with Crippen molar-refractivity contribution in [3.63, 3.8) is 0 Å². The van der Waals surface area contributed by atoms with Crippen molar-refractivity contribution < 1.29 is 18.7 Å². The average molecular weight is 991 g/mol. The van der Waals surface area contributed by atoms with Crippen LogP contribution in [0.3, 0.4) is 0 Å². The lowest BCUT2D eigenvalue weighted by atomic mass is 9.84. The third-order valence-corrected chi connectivity index (χ3v) is 17.4. The first-order valence-electron chi connectivity index (χ1n) is 27.0. The van der Waals surface area contributed by atoms with Gasteiger partial charge >= 0.3 is 0 Å². The van der Waals surface area contributed by atoms with Gasteiger partial charge in [-0.3, -0.25) is 19.5 Å². The van der Waals surface area contributed by atoms with Gasteiger partial charge in [0.05, 0.1) is 45.3 Å². The molecular weight excluding hydrogens is 920 g/mol. The lowest BCUT2D eigenvalue weighted by molar-refractivity contribution is -0.133. The molecule has 4 saturated heterocycles. The minimum absolute atomic E-state index is 0.0239. The Kier molecular flexibility index (Phi) is 12.7. The van der Waals surface area contributed by atoms with Crippen molar-refractivity contribution in [3.05, 3.63) is 96.7 Å². The van der Waals surface area contributed by atoms with Crippen LogP contribution in [0, 0.1) is 11.8 Å². The number of carbonyl (C=O) groups excluding carboxylic acids is 2. The van der Waals surface area contributed by atoms with Crippen molar-refractivity contribution in [2.45, 2.75) is 83.2 Å². The number of rotatable bonds is 12. The fourth-order valence-electron chi connectivity index (χ4n) is 12.5. The van der Waals surface area contributed by atoms with Crippen molar-refractivity contribution >= 4 is 39.9 Å². The summed E-state index contributed by atoms with van der Waals surface area (Å²) in [6, 6.07) is 23.0. The van der Waals surface area contributed by atoms with Crippen LogP contribution < -0.4 is 14.7 Å². The van der Waals surface area contributed by atoms with E-state index in [1.165, 1.54) is 5.69 Å². The number of nitrogens with zero attached hydrogens (tertiary/aromatic N) is 12. The van der Waals surface area contributed by atoms with Crippen molar-refractivity contribution in [1.82, 2.24) is 43.8 Å². The SMILES string of the molecule is COC1(c2ccc(-c3cc4c(N5CCN(C(=O)C6CC6c6c(-c7ccc(N8CCN(C(C)C)CC8)cc7)cc7c(N8CCN(C(=O)[C@H]9C[C@@H]9F)CC8)ccnn67)CC5)ccnn4c3)nc2)CCN(C(C)C)CC1. The molecule has 5 aromatic heterocycles. The Morgan fingerprint density at radius 2 is 1.23 bits per heavy atom. The maximum Gasteiger partial charge on any atom is 0.228 e. The molecule has 2 amide bonds. The van der Waals surface area contributed by atoms with Crippen LogP contribution in [0.1, 0.15) is 70.6 Å². The number of fused-ring (bicyclic) bond motifs is 2. The van der Waals surface area contributed by atoms with E-state index in [9.17, 15) is 14.0 Å². The van der Waals surface area contributed by atoms with E-state index in [0.717, 1.165) is 128 Å². The van der Waals surface area contributed by atoms with E-state index in [2.05, 4.69) is 128 Å². The van der Waals surface area contributed by atoms with E-state index < -0.39 is 12.1 Å². The number of hydrogen-bond acceptors (Lipinski definition) is 11. The zero-order valence-corrected chi connectivity index (χ0v) is 43.2. The standard InChI is InChI=1S/C57H71FN12O3/c1-38(2)62-18-14-57(73-5,15-19-62)42-8-11-49(59-36-42)41-32-52-50(12-16-60-69(52)37-41)65-24-28-67(29-25-65)55(71)46-33-45(46)54-44(40-6-9-43(10-7-40)64-22-20-63(21-23-64)39(3)4)35-53-51(13-17-61-70(53)54)66-26-30-68(31-27-66)56(72)47-34-48(47)58/h6-13,16-17,32,35-39,45-48H,14-15,18-31,33-34H2,1-5H3/t45?,46?,47-,48-/m0/s1. The maximum absolute atomic E-state index is 14.6. The van der Waals surface area contributed by atoms with Gasteiger partial charge in [0, 0.05) is 170 Å². The normalized spacial score (nSPS) is 23.9. The first-order chi connectivity index (χ1) is 35.5. The highest BCUT2D eigenvalue weighted by atomic mass is 19.1. The molecule has 2 unspecified atom stereocenters. The van der Waals surface area contributed by atoms with Crippen LogP contribution in [0.25, 0.3) is 33.4 Å². The van der Waals surface area contributed by atoms with E-state index in [1.807, 2.05) is 35.1 Å². The van der Waals surface area contributed by atoms with Gasteiger partial charge in [0.2, 0.25) is 11.8 Å². The Labute approximate surface area is 428 Å². The molecule has 6 aliphatic rings. The zero-order valence-electron chi connectivity index (χ0n) is 43.2. The Hall–Kier alpha value is -6.10. The summed E-state index contributed by atoms with van der Waals surface area (Å²) in [7, 11) is 1.83. The first kappa shape index (κ1) is 47.9. The van der Waals surface area contributed by atoms with E-state index in [4.69, 9.17) is 19.9 Å². The Morgan fingerprint density at radius 3 is 1.82 bits per heavy atom. The number of hydrogen-bond donors (Lipinski definition) is 0. The molecule has 73 heavy (non-hydrogen) atoms. The van der Waals surface area contributed by atoms with Gasteiger partial charge in [0.15, 0.2) is 0 Å². The number of halogens is 1. The van der Waals surface area contributed by atoms with Crippen LogP contribution in [0.5, 0.6) is 0 Å². The minimum atomic E-state index is -0.991. The van der Waals surface area contributed by atoms with E-state index in [-0.39, 0.29) is 29.3 Å². The van der Waals surface area contributed by atoms with Gasteiger partial charge in [0.1, 0.15) is 6.17 Å². The topological polar surface area (TPSA) is 114 Å². The van der Waals surface area contributed by atoms with Crippen LogP contribution in [0.2, 0.25) is 0 Å². The molecule has 1 aromatic carbocycles. The quantitative estimate of drug-likeness (QED) is 0.126. The smallest absolute Gasteiger partial charge is 0.228 e. The third kappa shape index (κ3) is 9.00. The number of piperazine rings is 3. The number of methoxy groups -OCH3 is 1. The molecule has 0 spiro atoms. The molecule has 4 atom stereocenters. The van der Waals surface area contributed by atoms with Gasteiger partial charge in [-0.15, -0.1) is 0 Å². The monoisotopic (exact) mass is 991 g/mol. The van der Waals surface area contributed by atoms with E-state index >= 15 is 0 Å². The number of likely N-dealkylation sites (tertiary alicyclic amines) is 1. The van der Waals surface area contributed by atoms with Crippen molar-refractivity contribution in [2.24, 2.45) is 11.8 Å². The minimum Gasteiger partial charge on any atom is -0.373 e. The summed E-state index contributed by atoms with van der Waals surface area (Å²) in [6.45, 7) is 20.4. The number of alkyl halides is 1. The highest BCUT2D eigenvalue weighted by Gasteiger charge is 2.50. The van der Waals surface area contributed by atoms with Crippen LogP contribution in [-0.4, -0.2) is 173 Å². The lowest BCUT2D eigenvalue weighted by Gasteiger charge is -2.42. The van der Waals surface area contributed by atoms with Crippen LogP contribution in [0.4, 0.5) is 21.5 Å². The fraction of sp³-hybridized carbons (Fsp3) is 0.526. The average Bonchev–Trinajstić information content (AvgIpc) is 4.29. The zero-order chi connectivity index (χ0) is 50.1. The lowest BCUT2D eigenvalue weighted by Crippen LogP contribution is -2.49.